The Kier molecular flexibility index (Phi) is 3.57. The van der Waals surface area contributed by atoms with E-state index in [-0.39, 0.29) is 5.84 Å². The summed E-state index contributed by atoms with van der Waals surface area (Å²) in [5.74, 6) is 0.865. The lowest BCUT2D eigenvalue weighted by Crippen LogP contribution is -2.17. The van der Waals surface area contributed by atoms with E-state index in [1.54, 1.807) is 18.0 Å². The lowest BCUT2D eigenvalue weighted by atomic mass is 10.2. The van der Waals surface area contributed by atoms with Crippen LogP contribution in [0.5, 0.6) is 0 Å². The first kappa shape index (κ1) is 9.85. The molecule has 0 bridgehead atoms. The fraction of sp³-hybridized carbons (Fsp3) is 0.250. The molecule has 0 atom stereocenters. The van der Waals surface area contributed by atoms with Gasteiger partial charge in [-0.15, -0.1) is 0 Å². The first-order valence-electron chi connectivity index (χ1n) is 3.70. The highest BCUT2D eigenvalue weighted by Crippen LogP contribution is 2.11. The summed E-state index contributed by atoms with van der Waals surface area (Å²) in [6.07, 6.45) is 3.61. The average molecular weight is 197 g/mol. The molecule has 1 rings (SSSR count). The van der Waals surface area contributed by atoms with E-state index in [2.05, 4.69) is 10.1 Å². The van der Waals surface area contributed by atoms with Crippen LogP contribution in [0, 0.1) is 0 Å². The molecule has 1 aromatic rings. The number of rotatable bonds is 3. The van der Waals surface area contributed by atoms with E-state index in [4.69, 9.17) is 10.9 Å². The Morgan fingerprint density at radius 2 is 2.54 bits per heavy atom. The van der Waals surface area contributed by atoms with E-state index in [0.717, 1.165) is 11.3 Å². The van der Waals surface area contributed by atoms with Crippen molar-refractivity contribution in [3.8, 4) is 0 Å². The smallest absolute Gasteiger partial charge is 0.189 e. The van der Waals surface area contributed by atoms with E-state index in [9.17, 15) is 0 Å². The van der Waals surface area contributed by atoms with Gasteiger partial charge < -0.3 is 10.9 Å². The molecule has 3 N–H and O–H groups in total. The van der Waals surface area contributed by atoms with Gasteiger partial charge in [-0.25, -0.2) is 0 Å². The monoisotopic (exact) mass is 197 g/mol. The van der Waals surface area contributed by atoms with Gasteiger partial charge in [0.2, 0.25) is 0 Å². The van der Waals surface area contributed by atoms with Gasteiger partial charge in [0.05, 0.1) is 0 Å². The summed E-state index contributed by atoms with van der Waals surface area (Å²) in [5.41, 5.74) is 6.99. The van der Waals surface area contributed by atoms with Gasteiger partial charge in [0.25, 0.3) is 0 Å². The maximum absolute atomic E-state index is 8.50. The van der Waals surface area contributed by atoms with Crippen LogP contribution in [-0.4, -0.2) is 22.3 Å². The number of hydrogen-bond acceptors (Lipinski definition) is 4. The first-order chi connectivity index (χ1) is 6.29. The maximum Gasteiger partial charge on any atom is 0.189 e. The minimum absolute atomic E-state index is 0.0599. The molecule has 0 aromatic carbocycles. The molecule has 0 fully saturated rings. The molecule has 0 radical (unpaired) electrons. The summed E-state index contributed by atoms with van der Waals surface area (Å²) in [5, 5.41) is 11.4. The lowest BCUT2D eigenvalue weighted by Gasteiger charge is -2.04. The van der Waals surface area contributed by atoms with E-state index in [1.807, 2.05) is 18.4 Å². The molecule has 0 aliphatic heterocycles. The normalized spacial score (nSPS) is 11.6. The van der Waals surface area contributed by atoms with Crippen molar-refractivity contribution in [1.82, 2.24) is 4.98 Å². The zero-order valence-corrected chi connectivity index (χ0v) is 8.08. The van der Waals surface area contributed by atoms with Crippen LogP contribution in [0.25, 0.3) is 0 Å². The molecule has 70 valence electrons. The predicted molar refractivity (Wildman–Crippen MR) is 54.0 cm³/mol. The van der Waals surface area contributed by atoms with Gasteiger partial charge in [0, 0.05) is 11.9 Å². The highest BCUT2D eigenvalue weighted by Gasteiger charge is 2.06. The zero-order chi connectivity index (χ0) is 9.68. The van der Waals surface area contributed by atoms with Crippen molar-refractivity contribution in [2.75, 3.05) is 6.26 Å². The number of thioether (sulfide) groups is 1. The Hall–Kier alpha value is -1.23. The molecule has 0 amide bonds. The van der Waals surface area contributed by atoms with E-state index >= 15 is 0 Å². The second-order valence-corrected chi connectivity index (χ2v) is 3.30. The van der Waals surface area contributed by atoms with E-state index in [0.29, 0.717) is 5.69 Å². The van der Waals surface area contributed by atoms with Crippen molar-refractivity contribution < 1.29 is 5.21 Å². The predicted octanol–water partition coefficient (Wildman–Crippen LogP) is 1.04. The summed E-state index contributed by atoms with van der Waals surface area (Å²) in [7, 11) is 0. The van der Waals surface area contributed by atoms with Gasteiger partial charge in [-0.05, 0) is 17.9 Å². The van der Waals surface area contributed by atoms with Crippen molar-refractivity contribution in [2.45, 2.75) is 5.75 Å². The average Bonchev–Trinajstić information content (AvgIpc) is 2.18. The fourth-order valence-corrected chi connectivity index (χ4v) is 1.53. The molecule has 0 saturated carbocycles. The SMILES string of the molecule is CSCc1cccnc1/C(N)=N/O. The Labute approximate surface area is 80.9 Å². The molecule has 0 aliphatic rings. The number of amidine groups is 1. The van der Waals surface area contributed by atoms with Crippen LogP contribution in [0.3, 0.4) is 0 Å². The minimum atomic E-state index is 0.0599. The van der Waals surface area contributed by atoms with Gasteiger partial charge in [0.15, 0.2) is 5.84 Å². The van der Waals surface area contributed by atoms with Crippen LogP contribution in [0.1, 0.15) is 11.3 Å². The van der Waals surface area contributed by atoms with Gasteiger partial charge in [-0.1, -0.05) is 11.2 Å². The summed E-state index contributed by atoms with van der Waals surface area (Å²) in [6.45, 7) is 0. The number of nitrogens with two attached hydrogens (primary N) is 1. The van der Waals surface area contributed by atoms with Gasteiger partial charge in [-0.3, -0.25) is 4.98 Å². The Morgan fingerprint density at radius 3 is 3.15 bits per heavy atom. The second-order valence-electron chi connectivity index (χ2n) is 2.43. The van der Waals surface area contributed by atoms with Crippen molar-refractivity contribution in [3.05, 3.63) is 29.6 Å². The molecule has 0 aliphatic carbocycles. The van der Waals surface area contributed by atoms with Crippen LogP contribution >= 0.6 is 11.8 Å². The Bertz CT molecular complexity index is 314. The topological polar surface area (TPSA) is 71.5 Å². The third-order valence-corrected chi connectivity index (χ3v) is 2.14. The molecule has 5 heteroatoms. The molecular weight excluding hydrogens is 186 g/mol. The lowest BCUT2D eigenvalue weighted by molar-refractivity contribution is 0.318. The molecule has 0 spiro atoms. The molecule has 13 heavy (non-hydrogen) atoms. The van der Waals surface area contributed by atoms with Gasteiger partial charge in [0.1, 0.15) is 5.69 Å². The third kappa shape index (κ3) is 2.35. The van der Waals surface area contributed by atoms with Crippen LogP contribution in [0.2, 0.25) is 0 Å². The molecule has 1 aromatic heterocycles. The van der Waals surface area contributed by atoms with Crippen LogP contribution in [0.4, 0.5) is 0 Å². The number of oxime groups is 1. The van der Waals surface area contributed by atoms with Crippen LogP contribution in [-0.2, 0) is 5.75 Å². The molecule has 0 unspecified atom stereocenters. The molecule has 4 nitrogen and oxygen atoms in total. The number of nitrogens with zero attached hydrogens (tertiary/aromatic N) is 2. The summed E-state index contributed by atoms with van der Waals surface area (Å²) in [4.78, 5) is 4.04. The third-order valence-electron chi connectivity index (χ3n) is 1.54. The van der Waals surface area contributed by atoms with Crippen LogP contribution in [0.15, 0.2) is 23.5 Å². The van der Waals surface area contributed by atoms with Gasteiger partial charge in [-0.2, -0.15) is 11.8 Å². The Balaban J connectivity index is 3.04. The number of aromatic nitrogens is 1. The summed E-state index contributed by atoms with van der Waals surface area (Å²) >= 11 is 1.66. The van der Waals surface area contributed by atoms with Crippen molar-refractivity contribution >= 4 is 17.6 Å². The quantitative estimate of drug-likeness (QED) is 0.329. The minimum Gasteiger partial charge on any atom is -0.409 e. The highest BCUT2D eigenvalue weighted by molar-refractivity contribution is 7.97. The molecule has 1 heterocycles. The largest absolute Gasteiger partial charge is 0.409 e. The fourth-order valence-electron chi connectivity index (χ4n) is 0.989. The van der Waals surface area contributed by atoms with Crippen molar-refractivity contribution in [2.24, 2.45) is 10.9 Å². The zero-order valence-electron chi connectivity index (χ0n) is 7.27. The van der Waals surface area contributed by atoms with Crippen molar-refractivity contribution in [3.63, 3.8) is 0 Å². The maximum atomic E-state index is 8.50. The van der Waals surface area contributed by atoms with Gasteiger partial charge >= 0.3 is 0 Å². The standard InChI is InChI=1S/C8H11N3OS/c1-13-5-6-3-2-4-10-7(6)8(9)11-12/h2-4,12H,5H2,1H3,(H2,9,11). The van der Waals surface area contributed by atoms with Crippen LogP contribution < -0.4 is 5.73 Å². The van der Waals surface area contributed by atoms with Crippen molar-refractivity contribution in [1.29, 1.82) is 0 Å². The van der Waals surface area contributed by atoms with E-state index in [1.165, 1.54) is 0 Å². The Morgan fingerprint density at radius 1 is 1.77 bits per heavy atom. The summed E-state index contributed by atoms with van der Waals surface area (Å²) < 4.78 is 0. The summed E-state index contributed by atoms with van der Waals surface area (Å²) in [6, 6.07) is 3.75. The first-order valence-corrected chi connectivity index (χ1v) is 5.09. The highest BCUT2D eigenvalue weighted by atomic mass is 32.2. The van der Waals surface area contributed by atoms with E-state index < -0.39 is 0 Å². The number of pyridine rings is 1. The molecular formula is C8H11N3OS. The number of hydrogen-bond donors (Lipinski definition) is 2. The second kappa shape index (κ2) is 4.71. The molecule has 0 saturated heterocycles.